The van der Waals surface area contributed by atoms with E-state index < -0.39 is 0 Å². The van der Waals surface area contributed by atoms with Crippen molar-refractivity contribution in [3.8, 4) is 5.75 Å². The SMILES string of the molecule is O=C(CCNc1ccc(OCc2ccccc2)cc1)NCCN1CCOCC1. The fourth-order valence-electron chi connectivity index (χ4n) is 3.00. The van der Waals surface area contributed by atoms with Crippen molar-refractivity contribution in [2.45, 2.75) is 13.0 Å². The molecule has 1 aliphatic rings. The summed E-state index contributed by atoms with van der Waals surface area (Å²) in [5.41, 5.74) is 2.12. The number of morpholine rings is 1. The van der Waals surface area contributed by atoms with Crippen molar-refractivity contribution in [3.05, 3.63) is 60.2 Å². The number of benzene rings is 2. The number of nitrogens with one attached hydrogen (secondary N) is 2. The van der Waals surface area contributed by atoms with Crippen LogP contribution in [0.25, 0.3) is 0 Å². The monoisotopic (exact) mass is 383 g/mol. The molecule has 6 nitrogen and oxygen atoms in total. The number of ether oxygens (including phenoxy) is 2. The summed E-state index contributed by atoms with van der Waals surface area (Å²) in [5, 5.41) is 6.25. The lowest BCUT2D eigenvalue weighted by Crippen LogP contribution is -2.41. The van der Waals surface area contributed by atoms with Crippen molar-refractivity contribution in [3.63, 3.8) is 0 Å². The van der Waals surface area contributed by atoms with Crippen molar-refractivity contribution >= 4 is 11.6 Å². The molecular weight excluding hydrogens is 354 g/mol. The minimum atomic E-state index is 0.0728. The van der Waals surface area contributed by atoms with Gasteiger partial charge in [-0.1, -0.05) is 30.3 Å². The molecule has 1 aliphatic heterocycles. The Hall–Kier alpha value is -2.57. The normalized spacial score (nSPS) is 14.4. The highest BCUT2D eigenvalue weighted by Gasteiger charge is 2.10. The topological polar surface area (TPSA) is 62.8 Å². The zero-order valence-electron chi connectivity index (χ0n) is 16.2. The molecule has 150 valence electrons. The quantitative estimate of drug-likeness (QED) is 0.660. The average molecular weight is 383 g/mol. The Labute approximate surface area is 166 Å². The Morgan fingerprint density at radius 3 is 2.50 bits per heavy atom. The fraction of sp³-hybridized carbons (Fsp3) is 0.409. The molecule has 0 spiro atoms. The predicted molar refractivity (Wildman–Crippen MR) is 111 cm³/mol. The summed E-state index contributed by atoms with van der Waals surface area (Å²) in [6, 6.07) is 17.9. The van der Waals surface area contributed by atoms with Crippen LogP contribution in [0.15, 0.2) is 54.6 Å². The van der Waals surface area contributed by atoms with E-state index in [9.17, 15) is 4.79 Å². The van der Waals surface area contributed by atoms with Crippen molar-refractivity contribution in [2.24, 2.45) is 0 Å². The van der Waals surface area contributed by atoms with Crippen LogP contribution in [0.2, 0.25) is 0 Å². The Morgan fingerprint density at radius 2 is 1.75 bits per heavy atom. The lowest BCUT2D eigenvalue weighted by Gasteiger charge is -2.26. The van der Waals surface area contributed by atoms with Gasteiger partial charge in [-0.15, -0.1) is 0 Å². The van der Waals surface area contributed by atoms with E-state index in [1.165, 1.54) is 0 Å². The van der Waals surface area contributed by atoms with Gasteiger partial charge in [0.05, 0.1) is 13.2 Å². The predicted octanol–water partition coefficient (Wildman–Crippen LogP) is 2.52. The van der Waals surface area contributed by atoms with Gasteiger partial charge in [0, 0.05) is 44.8 Å². The Kier molecular flexibility index (Phi) is 8.15. The van der Waals surface area contributed by atoms with Gasteiger partial charge in [-0.3, -0.25) is 9.69 Å². The first-order valence-corrected chi connectivity index (χ1v) is 9.87. The molecule has 0 aliphatic carbocycles. The lowest BCUT2D eigenvalue weighted by molar-refractivity contribution is -0.120. The minimum Gasteiger partial charge on any atom is -0.489 e. The van der Waals surface area contributed by atoms with E-state index >= 15 is 0 Å². The summed E-state index contributed by atoms with van der Waals surface area (Å²) in [6.45, 7) is 6.19. The third-order valence-electron chi connectivity index (χ3n) is 4.64. The molecule has 0 bridgehead atoms. The zero-order chi connectivity index (χ0) is 19.4. The number of anilines is 1. The second kappa shape index (κ2) is 11.3. The molecule has 2 aromatic carbocycles. The smallest absolute Gasteiger partial charge is 0.221 e. The Bertz CT molecular complexity index is 701. The van der Waals surface area contributed by atoms with E-state index in [-0.39, 0.29) is 5.91 Å². The number of hydrogen-bond acceptors (Lipinski definition) is 5. The van der Waals surface area contributed by atoms with Crippen molar-refractivity contribution < 1.29 is 14.3 Å². The number of hydrogen-bond donors (Lipinski definition) is 2. The maximum Gasteiger partial charge on any atom is 0.221 e. The molecule has 0 radical (unpaired) electrons. The van der Waals surface area contributed by atoms with Crippen molar-refractivity contribution in [1.29, 1.82) is 0 Å². The highest BCUT2D eigenvalue weighted by atomic mass is 16.5. The Morgan fingerprint density at radius 1 is 1.00 bits per heavy atom. The van der Waals surface area contributed by atoms with Crippen LogP contribution in [0.4, 0.5) is 5.69 Å². The van der Waals surface area contributed by atoms with Crippen LogP contribution in [0.3, 0.4) is 0 Å². The summed E-state index contributed by atoms with van der Waals surface area (Å²) >= 11 is 0. The van der Waals surface area contributed by atoms with Crippen LogP contribution in [-0.2, 0) is 16.1 Å². The maximum absolute atomic E-state index is 11.9. The van der Waals surface area contributed by atoms with E-state index in [0.29, 0.717) is 26.1 Å². The van der Waals surface area contributed by atoms with Gasteiger partial charge in [-0.2, -0.15) is 0 Å². The van der Waals surface area contributed by atoms with Gasteiger partial charge in [0.2, 0.25) is 5.91 Å². The molecule has 0 atom stereocenters. The molecule has 2 aromatic rings. The summed E-state index contributed by atoms with van der Waals surface area (Å²) in [5.74, 6) is 0.902. The third kappa shape index (κ3) is 7.21. The highest BCUT2D eigenvalue weighted by molar-refractivity contribution is 5.76. The van der Waals surface area contributed by atoms with Crippen LogP contribution in [-0.4, -0.2) is 56.7 Å². The van der Waals surface area contributed by atoms with E-state index in [1.807, 2.05) is 54.6 Å². The van der Waals surface area contributed by atoms with Crippen LogP contribution >= 0.6 is 0 Å². The van der Waals surface area contributed by atoms with Crippen LogP contribution in [0.1, 0.15) is 12.0 Å². The zero-order valence-corrected chi connectivity index (χ0v) is 16.2. The molecule has 2 N–H and O–H groups in total. The van der Waals surface area contributed by atoms with Gasteiger partial charge in [0.1, 0.15) is 12.4 Å². The highest BCUT2D eigenvalue weighted by Crippen LogP contribution is 2.17. The molecule has 0 aromatic heterocycles. The summed E-state index contributed by atoms with van der Waals surface area (Å²) in [6.07, 6.45) is 0.454. The molecule has 28 heavy (non-hydrogen) atoms. The van der Waals surface area contributed by atoms with E-state index in [4.69, 9.17) is 9.47 Å². The van der Waals surface area contributed by atoms with Gasteiger partial charge < -0.3 is 20.1 Å². The van der Waals surface area contributed by atoms with Crippen molar-refractivity contribution in [1.82, 2.24) is 10.2 Å². The minimum absolute atomic E-state index is 0.0728. The fourth-order valence-corrected chi connectivity index (χ4v) is 3.00. The van der Waals surface area contributed by atoms with Gasteiger partial charge in [-0.25, -0.2) is 0 Å². The van der Waals surface area contributed by atoms with Gasteiger partial charge in [0.15, 0.2) is 0 Å². The molecule has 1 saturated heterocycles. The molecule has 0 saturated carbocycles. The van der Waals surface area contributed by atoms with E-state index in [1.54, 1.807) is 0 Å². The Balaban J connectivity index is 1.28. The van der Waals surface area contributed by atoms with E-state index in [2.05, 4.69) is 15.5 Å². The van der Waals surface area contributed by atoms with Gasteiger partial charge in [0.25, 0.3) is 0 Å². The van der Waals surface area contributed by atoms with Gasteiger partial charge >= 0.3 is 0 Å². The second-order valence-electron chi connectivity index (χ2n) is 6.78. The first kappa shape index (κ1) is 20.2. The number of nitrogens with zero attached hydrogens (tertiary/aromatic N) is 1. The first-order valence-electron chi connectivity index (χ1n) is 9.87. The molecule has 6 heteroatoms. The average Bonchev–Trinajstić information content (AvgIpc) is 2.75. The number of carbonyl (C=O) groups excluding carboxylic acids is 1. The summed E-state index contributed by atoms with van der Waals surface area (Å²) in [4.78, 5) is 14.2. The van der Waals surface area contributed by atoms with Gasteiger partial charge in [-0.05, 0) is 29.8 Å². The molecule has 1 amide bonds. The maximum atomic E-state index is 11.9. The number of rotatable bonds is 10. The van der Waals surface area contributed by atoms with Crippen molar-refractivity contribution in [2.75, 3.05) is 51.3 Å². The second-order valence-corrected chi connectivity index (χ2v) is 6.78. The molecular formula is C22H29N3O3. The summed E-state index contributed by atoms with van der Waals surface area (Å²) in [7, 11) is 0. The van der Waals surface area contributed by atoms with Crippen LogP contribution < -0.4 is 15.4 Å². The molecule has 1 heterocycles. The largest absolute Gasteiger partial charge is 0.489 e. The number of carbonyl (C=O) groups is 1. The number of amides is 1. The lowest BCUT2D eigenvalue weighted by atomic mass is 10.2. The van der Waals surface area contributed by atoms with Crippen LogP contribution in [0.5, 0.6) is 5.75 Å². The molecule has 0 unspecified atom stereocenters. The molecule has 1 fully saturated rings. The molecule has 3 rings (SSSR count). The standard InChI is InChI=1S/C22H29N3O3/c26-22(24-12-13-25-14-16-27-17-15-25)10-11-23-20-6-8-21(9-7-20)28-18-19-4-2-1-3-5-19/h1-9,23H,10-18H2,(H,24,26). The first-order chi connectivity index (χ1) is 13.8. The van der Waals surface area contributed by atoms with Crippen LogP contribution in [0, 0.1) is 0 Å². The third-order valence-corrected chi connectivity index (χ3v) is 4.64. The summed E-state index contributed by atoms with van der Waals surface area (Å²) < 4.78 is 11.1. The van der Waals surface area contributed by atoms with E-state index in [0.717, 1.165) is 49.8 Å².